The predicted octanol–water partition coefficient (Wildman–Crippen LogP) is 8.95. The predicted molar refractivity (Wildman–Crippen MR) is 133 cm³/mol. The van der Waals surface area contributed by atoms with Gasteiger partial charge in [0.05, 0.1) is 12.4 Å². The van der Waals surface area contributed by atoms with Crippen LogP contribution >= 0.6 is 0 Å². The van der Waals surface area contributed by atoms with Gasteiger partial charge in [-0.15, -0.1) is 0 Å². The first-order valence-electron chi connectivity index (χ1n) is 13.5. The second-order valence-corrected chi connectivity index (χ2v) is 10.9. The summed E-state index contributed by atoms with van der Waals surface area (Å²) in [6.45, 7) is 4.88. The fourth-order valence-corrected chi connectivity index (χ4v) is 5.00. The third-order valence-electron chi connectivity index (χ3n) is 6.01. The van der Waals surface area contributed by atoms with Gasteiger partial charge in [-0.3, -0.25) is 4.18 Å². The standard InChI is InChI=1S/C26H54O3S/c1-3-5-7-9-11-13-15-16-17-19-21-23-25-29-30(27,28)26-24-22-20-18-14-12-10-8-6-4-2/h3-26H2,1-2H3. The Bertz CT molecular complexity index is 420. The molecule has 0 saturated heterocycles. The highest BCUT2D eigenvalue weighted by atomic mass is 32.2. The molecule has 0 heterocycles. The van der Waals surface area contributed by atoms with E-state index in [0.717, 1.165) is 32.1 Å². The highest BCUT2D eigenvalue weighted by Crippen LogP contribution is 2.13. The zero-order valence-electron chi connectivity index (χ0n) is 20.6. The van der Waals surface area contributed by atoms with Crippen molar-refractivity contribution in [3.8, 4) is 0 Å². The molecule has 0 fully saturated rings. The van der Waals surface area contributed by atoms with Crippen molar-refractivity contribution in [2.24, 2.45) is 0 Å². The van der Waals surface area contributed by atoms with E-state index in [2.05, 4.69) is 13.8 Å². The third-order valence-corrected chi connectivity index (χ3v) is 7.32. The molecule has 0 bridgehead atoms. The molecule has 0 aliphatic rings. The SMILES string of the molecule is CCCCCCCCCCCCCCOS(=O)(=O)CCCCCCCCCCCC. The number of rotatable bonds is 25. The van der Waals surface area contributed by atoms with Crippen LogP contribution in [0.4, 0.5) is 0 Å². The molecule has 0 aromatic carbocycles. The van der Waals surface area contributed by atoms with E-state index in [1.807, 2.05) is 0 Å². The van der Waals surface area contributed by atoms with E-state index in [4.69, 9.17) is 4.18 Å². The monoisotopic (exact) mass is 446 g/mol. The second-order valence-electron chi connectivity index (χ2n) is 9.15. The Hall–Kier alpha value is -0.0900. The van der Waals surface area contributed by atoms with Crippen LogP contribution in [0.5, 0.6) is 0 Å². The van der Waals surface area contributed by atoms with Crippen molar-refractivity contribution in [3.63, 3.8) is 0 Å². The van der Waals surface area contributed by atoms with Crippen molar-refractivity contribution in [3.05, 3.63) is 0 Å². The lowest BCUT2D eigenvalue weighted by Crippen LogP contribution is -2.11. The van der Waals surface area contributed by atoms with Gasteiger partial charge < -0.3 is 0 Å². The summed E-state index contributed by atoms with van der Waals surface area (Å²) < 4.78 is 29.1. The molecular formula is C26H54O3S. The first-order chi connectivity index (χ1) is 14.6. The fraction of sp³-hybridized carbons (Fsp3) is 1.00. The van der Waals surface area contributed by atoms with Gasteiger partial charge in [0.25, 0.3) is 10.1 Å². The van der Waals surface area contributed by atoms with Gasteiger partial charge in [-0.2, -0.15) is 8.42 Å². The smallest absolute Gasteiger partial charge is 0.267 e. The lowest BCUT2D eigenvalue weighted by molar-refractivity contribution is 0.305. The first-order valence-corrected chi connectivity index (χ1v) is 15.1. The van der Waals surface area contributed by atoms with Gasteiger partial charge in [-0.25, -0.2) is 0 Å². The van der Waals surface area contributed by atoms with Crippen LogP contribution in [0.3, 0.4) is 0 Å². The highest BCUT2D eigenvalue weighted by molar-refractivity contribution is 7.86. The Labute approximate surface area is 190 Å². The van der Waals surface area contributed by atoms with Gasteiger partial charge in [0.2, 0.25) is 0 Å². The summed E-state index contributed by atoms with van der Waals surface area (Å²) in [5.41, 5.74) is 0. The summed E-state index contributed by atoms with van der Waals surface area (Å²) in [6.07, 6.45) is 27.6. The van der Waals surface area contributed by atoms with E-state index in [1.165, 1.54) is 109 Å². The molecular weight excluding hydrogens is 392 g/mol. The zero-order chi connectivity index (χ0) is 22.2. The lowest BCUT2D eigenvalue weighted by atomic mass is 10.1. The van der Waals surface area contributed by atoms with Gasteiger partial charge in [-0.05, 0) is 12.8 Å². The Morgan fingerprint density at radius 3 is 1.10 bits per heavy atom. The largest absolute Gasteiger partial charge is 0.270 e. The van der Waals surface area contributed by atoms with Crippen molar-refractivity contribution >= 4 is 10.1 Å². The Balaban J connectivity index is 3.31. The molecule has 182 valence electrons. The fourth-order valence-electron chi connectivity index (χ4n) is 3.95. The summed E-state index contributed by atoms with van der Waals surface area (Å²) in [5, 5.41) is 0. The normalized spacial score (nSPS) is 11.9. The van der Waals surface area contributed by atoms with E-state index >= 15 is 0 Å². The minimum absolute atomic E-state index is 0.196. The van der Waals surface area contributed by atoms with E-state index in [9.17, 15) is 8.42 Å². The Morgan fingerprint density at radius 2 is 0.733 bits per heavy atom. The zero-order valence-corrected chi connectivity index (χ0v) is 21.4. The molecule has 3 nitrogen and oxygen atoms in total. The molecule has 0 saturated carbocycles. The average Bonchev–Trinajstić information content (AvgIpc) is 2.72. The van der Waals surface area contributed by atoms with Crippen LogP contribution in [0.1, 0.15) is 155 Å². The van der Waals surface area contributed by atoms with E-state index < -0.39 is 10.1 Å². The van der Waals surface area contributed by atoms with Crippen LogP contribution < -0.4 is 0 Å². The van der Waals surface area contributed by atoms with Crippen LogP contribution in [0.2, 0.25) is 0 Å². The van der Waals surface area contributed by atoms with Crippen molar-refractivity contribution in [1.82, 2.24) is 0 Å². The summed E-state index contributed by atoms with van der Waals surface area (Å²) in [7, 11) is -3.30. The van der Waals surface area contributed by atoms with E-state index in [1.54, 1.807) is 0 Å². The van der Waals surface area contributed by atoms with Crippen molar-refractivity contribution in [2.45, 2.75) is 155 Å². The van der Waals surface area contributed by atoms with Crippen molar-refractivity contribution in [2.75, 3.05) is 12.4 Å². The van der Waals surface area contributed by atoms with Crippen LogP contribution in [0.25, 0.3) is 0 Å². The molecule has 0 unspecified atom stereocenters. The number of hydrogen-bond donors (Lipinski definition) is 0. The average molecular weight is 447 g/mol. The van der Waals surface area contributed by atoms with Gasteiger partial charge in [0.1, 0.15) is 0 Å². The molecule has 4 heteroatoms. The van der Waals surface area contributed by atoms with Crippen LogP contribution in [0, 0.1) is 0 Å². The van der Waals surface area contributed by atoms with E-state index in [0.29, 0.717) is 6.61 Å². The molecule has 0 N–H and O–H groups in total. The van der Waals surface area contributed by atoms with Crippen LogP contribution in [0.15, 0.2) is 0 Å². The number of hydrogen-bond acceptors (Lipinski definition) is 3. The molecule has 0 amide bonds. The summed E-state index contributed by atoms with van der Waals surface area (Å²) in [4.78, 5) is 0. The van der Waals surface area contributed by atoms with Gasteiger partial charge in [0, 0.05) is 0 Å². The molecule has 0 atom stereocenters. The molecule has 0 aliphatic carbocycles. The van der Waals surface area contributed by atoms with Crippen molar-refractivity contribution in [1.29, 1.82) is 0 Å². The van der Waals surface area contributed by atoms with Gasteiger partial charge in [-0.1, -0.05) is 142 Å². The van der Waals surface area contributed by atoms with Crippen molar-refractivity contribution < 1.29 is 12.6 Å². The minimum Gasteiger partial charge on any atom is -0.270 e. The van der Waals surface area contributed by atoms with Gasteiger partial charge >= 0.3 is 0 Å². The quantitative estimate of drug-likeness (QED) is 0.104. The molecule has 0 radical (unpaired) electrons. The Morgan fingerprint density at radius 1 is 0.433 bits per heavy atom. The highest BCUT2D eigenvalue weighted by Gasteiger charge is 2.10. The summed E-state index contributed by atoms with van der Waals surface area (Å²) >= 11 is 0. The molecule has 0 aliphatic heterocycles. The van der Waals surface area contributed by atoms with Crippen LogP contribution in [-0.2, 0) is 14.3 Å². The first kappa shape index (κ1) is 29.9. The maximum Gasteiger partial charge on any atom is 0.267 e. The van der Waals surface area contributed by atoms with Crippen LogP contribution in [-0.4, -0.2) is 20.8 Å². The molecule has 0 aromatic heterocycles. The molecule has 0 rings (SSSR count). The minimum atomic E-state index is -3.30. The second kappa shape index (κ2) is 23.6. The summed E-state index contributed by atoms with van der Waals surface area (Å²) in [6, 6.07) is 0. The Kier molecular flexibility index (Phi) is 23.5. The van der Waals surface area contributed by atoms with Gasteiger partial charge in [0.15, 0.2) is 0 Å². The molecule has 30 heavy (non-hydrogen) atoms. The molecule has 0 aromatic rings. The third kappa shape index (κ3) is 24.2. The number of unbranched alkanes of at least 4 members (excludes halogenated alkanes) is 20. The maximum atomic E-state index is 11.9. The topological polar surface area (TPSA) is 43.4 Å². The summed E-state index contributed by atoms with van der Waals surface area (Å²) in [5.74, 6) is 0.196. The lowest BCUT2D eigenvalue weighted by Gasteiger charge is -2.06. The maximum absolute atomic E-state index is 11.9. The molecule has 0 spiro atoms. The van der Waals surface area contributed by atoms with E-state index in [-0.39, 0.29) is 5.75 Å².